The Balaban J connectivity index is 1.87. The van der Waals surface area contributed by atoms with E-state index in [1.165, 1.54) is 6.20 Å². The van der Waals surface area contributed by atoms with E-state index in [1.807, 2.05) is 0 Å². The van der Waals surface area contributed by atoms with Gasteiger partial charge in [0.1, 0.15) is 0 Å². The van der Waals surface area contributed by atoms with Crippen LogP contribution >= 0.6 is 0 Å². The second kappa shape index (κ2) is 5.60. The predicted molar refractivity (Wildman–Crippen MR) is 77.6 cm³/mol. The van der Waals surface area contributed by atoms with Crippen LogP contribution < -0.4 is 5.32 Å². The Bertz CT molecular complexity index is 911. The van der Waals surface area contributed by atoms with Gasteiger partial charge < -0.3 is 10.3 Å². The van der Waals surface area contributed by atoms with Crippen LogP contribution in [-0.2, 0) is 4.79 Å². The molecule has 23 heavy (non-hydrogen) atoms. The first-order valence-corrected chi connectivity index (χ1v) is 6.53. The number of rotatable bonds is 3. The summed E-state index contributed by atoms with van der Waals surface area (Å²) in [6.45, 7) is 0. The third-order valence-corrected chi connectivity index (χ3v) is 3.28. The van der Waals surface area contributed by atoms with Gasteiger partial charge in [-0.05, 0) is 6.07 Å². The number of anilines is 1. The van der Waals surface area contributed by atoms with Crippen molar-refractivity contribution >= 4 is 28.3 Å². The van der Waals surface area contributed by atoms with Crippen molar-refractivity contribution in [3.63, 3.8) is 0 Å². The minimum Gasteiger partial charge on any atom is -0.360 e. The summed E-state index contributed by atoms with van der Waals surface area (Å²) in [6.07, 6.45) is 1.37. The molecule has 0 saturated heterocycles. The lowest BCUT2D eigenvalue weighted by Gasteiger charge is -2.05. The zero-order valence-corrected chi connectivity index (χ0v) is 11.5. The van der Waals surface area contributed by atoms with E-state index >= 15 is 0 Å². The predicted octanol–water partition coefficient (Wildman–Crippen LogP) is 3.41. The largest absolute Gasteiger partial charge is 0.360 e. The Kier molecular flexibility index (Phi) is 3.61. The Hall–Kier alpha value is -3.09. The smallest absolute Gasteiger partial charge is 0.296 e. The molecule has 0 radical (unpaired) electrons. The number of Topliss-reactive ketones (excluding diaryl/α,β-unsaturated/α-hetero) is 1. The van der Waals surface area contributed by atoms with Gasteiger partial charge in [-0.15, -0.1) is 0 Å². The van der Waals surface area contributed by atoms with Gasteiger partial charge in [-0.2, -0.15) is 0 Å². The van der Waals surface area contributed by atoms with Crippen LogP contribution in [0.25, 0.3) is 10.9 Å². The number of nitrogens with one attached hydrogen (secondary N) is 2. The van der Waals surface area contributed by atoms with Gasteiger partial charge in [-0.3, -0.25) is 9.59 Å². The standard InChI is InChI=1S/C16H9F3N2O2/c17-11-5-8(6-12(18)14(11)19)21-16(23)15(22)10-7-20-13-4-2-1-3-9(10)13/h1-7,20H,(H,21,23). The van der Waals surface area contributed by atoms with Crippen LogP contribution in [0.2, 0.25) is 0 Å². The number of benzene rings is 2. The maximum atomic E-state index is 13.1. The Morgan fingerprint density at radius 2 is 1.65 bits per heavy atom. The number of H-pyrrole nitrogens is 1. The SMILES string of the molecule is O=C(Nc1cc(F)c(F)c(F)c1)C(=O)c1c[nH]c2ccccc12. The molecule has 3 rings (SSSR count). The zero-order valence-electron chi connectivity index (χ0n) is 11.5. The number of carbonyl (C=O) groups excluding carboxylic acids is 2. The molecule has 2 N–H and O–H groups in total. The first-order chi connectivity index (χ1) is 11.0. The number of hydrogen-bond acceptors (Lipinski definition) is 2. The molecule has 0 spiro atoms. The highest BCUT2D eigenvalue weighted by molar-refractivity contribution is 6.48. The van der Waals surface area contributed by atoms with Crippen molar-refractivity contribution in [1.29, 1.82) is 0 Å². The van der Waals surface area contributed by atoms with Crippen molar-refractivity contribution in [2.75, 3.05) is 5.32 Å². The van der Waals surface area contributed by atoms with Crippen LogP contribution in [0.15, 0.2) is 42.6 Å². The fourth-order valence-electron chi connectivity index (χ4n) is 2.20. The topological polar surface area (TPSA) is 62.0 Å². The van der Waals surface area contributed by atoms with Crippen molar-refractivity contribution < 1.29 is 22.8 Å². The average molecular weight is 318 g/mol. The normalized spacial score (nSPS) is 10.7. The van der Waals surface area contributed by atoms with Crippen LogP contribution in [0.5, 0.6) is 0 Å². The number of para-hydroxylation sites is 1. The maximum Gasteiger partial charge on any atom is 0.296 e. The molecule has 0 bridgehead atoms. The molecule has 0 unspecified atom stereocenters. The van der Waals surface area contributed by atoms with Gasteiger partial charge >= 0.3 is 0 Å². The van der Waals surface area contributed by atoms with Crippen LogP contribution in [0.4, 0.5) is 18.9 Å². The molecule has 1 amide bonds. The lowest BCUT2D eigenvalue weighted by atomic mass is 10.1. The molecule has 2 aromatic carbocycles. The van der Waals surface area contributed by atoms with Crippen molar-refractivity contribution in [2.24, 2.45) is 0 Å². The molecule has 116 valence electrons. The molecule has 7 heteroatoms. The van der Waals surface area contributed by atoms with E-state index in [0.717, 1.165) is 0 Å². The van der Waals surface area contributed by atoms with Gasteiger partial charge in [0.15, 0.2) is 17.5 Å². The molecule has 0 aliphatic heterocycles. The summed E-state index contributed by atoms with van der Waals surface area (Å²) in [6, 6.07) is 8.04. The Labute approximate surface area is 127 Å². The van der Waals surface area contributed by atoms with E-state index in [0.29, 0.717) is 23.0 Å². The van der Waals surface area contributed by atoms with Crippen molar-refractivity contribution in [2.45, 2.75) is 0 Å². The number of hydrogen-bond donors (Lipinski definition) is 2. The first kappa shape index (κ1) is 14.8. The second-order valence-corrected chi connectivity index (χ2v) is 4.79. The molecule has 1 aromatic heterocycles. The molecular formula is C16H9F3N2O2. The van der Waals surface area contributed by atoms with E-state index < -0.39 is 29.1 Å². The van der Waals surface area contributed by atoms with Gasteiger partial charge in [0.2, 0.25) is 0 Å². The summed E-state index contributed by atoms with van der Waals surface area (Å²) in [5.74, 6) is -6.53. The fraction of sp³-hybridized carbons (Fsp3) is 0. The van der Waals surface area contributed by atoms with Crippen LogP contribution in [0.1, 0.15) is 10.4 Å². The number of halogens is 3. The summed E-state index contributed by atoms with van der Waals surface area (Å²) in [4.78, 5) is 27.0. The maximum absolute atomic E-state index is 13.1. The molecule has 0 saturated carbocycles. The number of ketones is 1. The summed E-state index contributed by atoms with van der Waals surface area (Å²) >= 11 is 0. The molecule has 1 heterocycles. The summed E-state index contributed by atoms with van der Waals surface area (Å²) in [5.41, 5.74) is 0.447. The molecule has 0 fully saturated rings. The lowest BCUT2D eigenvalue weighted by molar-refractivity contribution is -0.112. The number of aromatic amines is 1. The van der Waals surface area contributed by atoms with Crippen molar-refractivity contribution in [3.05, 3.63) is 65.6 Å². The second-order valence-electron chi connectivity index (χ2n) is 4.79. The van der Waals surface area contributed by atoms with E-state index in [2.05, 4.69) is 10.3 Å². The van der Waals surface area contributed by atoms with Gasteiger partial charge in [0.05, 0.1) is 5.56 Å². The van der Waals surface area contributed by atoms with Crippen LogP contribution in [0, 0.1) is 17.5 Å². The summed E-state index contributed by atoms with van der Waals surface area (Å²) in [7, 11) is 0. The number of fused-ring (bicyclic) bond motifs is 1. The number of amides is 1. The minimum absolute atomic E-state index is 0.126. The van der Waals surface area contributed by atoms with E-state index in [4.69, 9.17) is 0 Å². The van der Waals surface area contributed by atoms with Crippen molar-refractivity contribution in [1.82, 2.24) is 4.98 Å². The monoisotopic (exact) mass is 318 g/mol. The molecule has 0 aliphatic rings. The first-order valence-electron chi connectivity index (χ1n) is 6.53. The number of aromatic nitrogens is 1. The van der Waals surface area contributed by atoms with Gasteiger partial charge in [0, 0.05) is 34.9 Å². The van der Waals surface area contributed by atoms with E-state index in [-0.39, 0.29) is 11.3 Å². The highest BCUT2D eigenvalue weighted by atomic mass is 19.2. The molecule has 0 atom stereocenters. The van der Waals surface area contributed by atoms with Gasteiger partial charge in [-0.1, -0.05) is 18.2 Å². The highest BCUT2D eigenvalue weighted by Crippen LogP contribution is 2.20. The molecule has 4 nitrogen and oxygen atoms in total. The number of carbonyl (C=O) groups is 2. The highest BCUT2D eigenvalue weighted by Gasteiger charge is 2.21. The third-order valence-electron chi connectivity index (χ3n) is 3.28. The van der Waals surface area contributed by atoms with Crippen LogP contribution in [-0.4, -0.2) is 16.7 Å². The van der Waals surface area contributed by atoms with E-state index in [1.54, 1.807) is 24.3 Å². The van der Waals surface area contributed by atoms with E-state index in [9.17, 15) is 22.8 Å². The lowest BCUT2D eigenvalue weighted by Crippen LogP contribution is -2.23. The summed E-state index contributed by atoms with van der Waals surface area (Å²) in [5, 5.41) is 2.60. The van der Waals surface area contributed by atoms with Gasteiger partial charge in [0.25, 0.3) is 11.7 Å². The molecular weight excluding hydrogens is 309 g/mol. The quantitative estimate of drug-likeness (QED) is 0.442. The summed E-state index contributed by atoms with van der Waals surface area (Å²) < 4.78 is 39.1. The third kappa shape index (κ3) is 2.68. The van der Waals surface area contributed by atoms with Crippen molar-refractivity contribution in [3.8, 4) is 0 Å². The van der Waals surface area contributed by atoms with Gasteiger partial charge in [-0.25, -0.2) is 13.2 Å². The fourth-order valence-corrected chi connectivity index (χ4v) is 2.20. The molecule has 0 aliphatic carbocycles. The Morgan fingerprint density at radius 1 is 1.00 bits per heavy atom. The molecule has 3 aromatic rings. The Morgan fingerprint density at radius 3 is 2.35 bits per heavy atom. The zero-order chi connectivity index (χ0) is 16.6. The average Bonchev–Trinajstić information content (AvgIpc) is 2.95. The minimum atomic E-state index is -1.65. The van der Waals surface area contributed by atoms with Crippen LogP contribution in [0.3, 0.4) is 0 Å².